The Bertz CT molecular complexity index is 1020. The van der Waals surface area contributed by atoms with Crippen LogP contribution in [-0.4, -0.2) is 39.2 Å². The molecule has 8 nitrogen and oxygen atoms in total. The number of anilines is 2. The second-order valence-corrected chi connectivity index (χ2v) is 6.91. The highest BCUT2D eigenvalue weighted by atomic mass is 16.2. The molecule has 1 fully saturated rings. The average Bonchev–Trinajstić information content (AvgIpc) is 3.39. The van der Waals surface area contributed by atoms with Crippen molar-refractivity contribution in [3.63, 3.8) is 0 Å². The first-order chi connectivity index (χ1) is 14.1. The highest BCUT2D eigenvalue weighted by molar-refractivity contribution is 6.04. The molecule has 0 radical (unpaired) electrons. The second kappa shape index (κ2) is 8.24. The number of aromatic nitrogens is 3. The van der Waals surface area contributed by atoms with E-state index in [0.717, 1.165) is 30.6 Å². The average molecular weight is 390 g/mol. The number of aryl methyl sites for hydroxylation is 1. The molecule has 1 saturated heterocycles. The van der Waals surface area contributed by atoms with E-state index in [2.05, 4.69) is 26.0 Å². The molecule has 2 amide bonds. The van der Waals surface area contributed by atoms with Crippen molar-refractivity contribution in [1.29, 1.82) is 0 Å². The summed E-state index contributed by atoms with van der Waals surface area (Å²) in [6.07, 6.45) is 1.74. The molecule has 0 aliphatic carbocycles. The number of hydrogen-bond donors (Lipinski definition) is 3. The Morgan fingerprint density at radius 2 is 1.83 bits per heavy atom. The maximum absolute atomic E-state index is 12.8. The number of benzene rings is 2. The Morgan fingerprint density at radius 3 is 2.55 bits per heavy atom. The zero-order valence-corrected chi connectivity index (χ0v) is 16.1. The Balaban J connectivity index is 1.62. The van der Waals surface area contributed by atoms with Crippen LogP contribution < -0.4 is 16.0 Å². The first-order valence-electron chi connectivity index (χ1n) is 9.55. The van der Waals surface area contributed by atoms with E-state index in [0.29, 0.717) is 5.56 Å². The van der Waals surface area contributed by atoms with E-state index in [9.17, 15) is 9.59 Å². The number of carbonyl (C=O) groups excluding carboxylic acids is 2. The number of rotatable bonds is 5. The standard InChI is InChI=1S/C21H22N6O2/c1-14-8-5-6-11-16(14)18(28)24-21-25-20(23-19(29)17-12-7-13-22-17)26-27(21)15-9-3-2-4-10-15/h2-6,8-11,17,22H,7,12-13H2,1H3,(H2,23,24,25,26,28,29). The number of para-hydroxylation sites is 1. The fraction of sp³-hybridized carbons (Fsp3) is 0.238. The lowest BCUT2D eigenvalue weighted by Crippen LogP contribution is -2.35. The topological polar surface area (TPSA) is 101 Å². The minimum atomic E-state index is -0.289. The molecule has 148 valence electrons. The Hall–Kier alpha value is -3.52. The number of hydrogen-bond acceptors (Lipinski definition) is 5. The molecule has 1 unspecified atom stereocenters. The van der Waals surface area contributed by atoms with Crippen LogP contribution in [0.3, 0.4) is 0 Å². The van der Waals surface area contributed by atoms with E-state index in [1.807, 2.05) is 55.5 Å². The predicted molar refractivity (Wildman–Crippen MR) is 110 cm³/mol. The van der Waals surface area contributed by atoms with Gasteiger partial charge in [-0.25, -0.2) is 0 Å². The van der Waals surface area contributed by atoms with Gasteiger partial charge < -0.3 is 5.32 Å². The molecule has 4 rings (SSSR count). The predicted octanol–water partition coefficient (Wildman–Crippen LogP) is 2.52. The largest absolute Gasteiger partial charge is 0.306 e. The fourth-order valence-electron chi connectivity index (χ4n) is 3.30. The molecular weight excluding hydrogens is 368 g/mol. The first kappa shape index (κ1) is 18.8. The maximum Gasteiger partial charge on any atom is 0.258 e. The van der Waals surface area contributed by atoms with Crippen LogP contribution in [0.2, 0.25) is 0 Å². The molecule has 0 spiro atoms. The van der Waals surface area contributed by atoms with Crippen molar-refractivity contribution in [2.75, 3.05) is 17.2 Å². The van der Waals surface area contributed by atoms with E-state index < -0.39 is 0 Å². The molecule has 3 N–H and O–H groups in total. The number of carbonyl (C=O) groups is 2. The minimum Gasteiger partial charge on any atom is -0.306 e. The van der Waals surface area contributed by atoms with E-state index >= 15 is 0 Å². The lowest BCUT2D eigenvalue weighted by atomic mass is 10.1. The van der Waals surface area contributed by atoms with Crippen molar-refractivity contribution < 1.29 is 9.59 Å². The first-order valence-corrected chi connectivity index (χ1v) is 9.55. The fourth-order valence-corrected chi connectivity index (χ4v) is 3.30. The smallest absolute Gasteiger partial charge is 0.258 e. The second-order valence-electron chi connectivity index (χ2n) is 6.91. The zero-order chi connectivity index (χ0) is 20.2. The van der Waals surface area contributed by atoms with E-state index in [1.54, 1.807) is 6.07 Å². The zero-order valence-electron chi connectivity index (χ0n) is 16.1. The SMILES string of the molecule is Cc1ccccc1C(=O)Nc1nc(NC(=O)C2CCCN2)nn1-c1ccccc1. The maximum atomic E-state index is 12.8. The quantitative estimate of drug-likeness (QED) is 0.621. The van der Waals surface area contributed by atoms with Crippen LogP contribution in [0, 0.1) is 6.92 Å². The van der Waals surface area contributed by atoms with Gasteiger partial charge in [0.25, 0.3) is 11.9 Å². The van der Waals surface area contributed by atoms with Gasteiger partial charge in [0, 0.05) is 5.56 Å². The van der Waals surface area contributed by atoms with Crippen LogP contribution in [0.1, 0.15) is 28.8 Å². The van der Waals surface area contributed by atoms with Crippen LogP contribution in [0.5, 0.6) is 0 Å². The lowest BCUT2D eigenvalue weighted by Gasteiger charge is -2.08. The summed E-state index contributed by atoms with van der Waals surface area (Å²) in [6, 6.07) is 16.4. The summed E-state index contributed by atoms with van der Waals surface area (Å²) < 4.78 is 1.51. The van der Waals surface area contributed by atoms with Gasteiger partial charge in [-0.15, -0.1) is 5.10 Å². The highest BCUT2D eigenvalue weighted by Crippen LogP contribution is 2.18. The summed E-state index contributed by atoms with van der Waals surface area (Å²) in [5.41, 5.74) is 2.13. The van der Waals surface area contributed by atoms with E-state index in [-0.39, 0.29) is 29.8 Å². The van der Waals surface area contributed by atoms with Gasteiger partial charge in [0.2, 0.25) is 11.9 Å². The molecular formula is C21H22N6O2. The van der Waals surface area contributed by atoms with Crippen LogP contribution >= 0.6 is 0 Å². The van der Waals surface area contributed by atoms with Crippen molar-refractivity contribution >= 4 is 23.7 Å². The van der Waals surface area contributed by atoms with E-state index in [1.165, 1.54) is 4.68 Å². The summed E-state index contributed by atoms with van der Waals surface area (Å²) in [4.78, 5) is 29.5. The van der Waals surface area contributed by atoms with Gasteiger partial charge in [-0.3, -0.25) is 20.2 Å². The van der Waals surface area contributed by atoms with Gasteiger partial charge in [0.1, 0.15) is 0 Å². The lowest BCUT2D eigenvalue weighted by molar-refractivity contribution is -0.117. The third-order valence-corrected chi connectivity index (χ3v) is 4.83. The van der Waals surface area contributed by atoms with Crippen molar-refractivity contribution in [2.24, 2.45) is 0 Å². The Kier molecular flexibility index (Phi) is 5.35. The third kappa shape index (κ3) is 4.17. The van der Waals surface area contributed by atoms with Crippen molar-refractivity contribution in [2.45, 2.75) is 25.8 Å². The number of nitrogens with zero attached hydrogens (tertiary/aromatic N) is 3. The molecule has 8 heteroatoms. The molecule has 2 aromatic carbocycles. The van der Waals surface area contributed by atoms with Crippen molar-refractivity contribution in [3.05, 3.63) is 65.7 Å². The Labute approximate surface area is 168 Å². The molecule has 1 aromatic heterocycles. The molecule has 1 aliphatic rings. The molecule has 1 atom stereocenters. The van der Waals surface area contributed by atoms with Gasteiger partial charge in [-0.2, -0.15) is 9.67 Å². The summed E-state index contributed by atoms with van der Waals surface area (Å²) in [7, 11) is 0. The summed E-state index contributed by atoms with van der Waals surface area (Å²) in [6.45, 7) is 2.69. The van der Waals surface area contributed by atoms with Crippen LogP contribution in [0.15, 0.2) is 54.6 Å². The summed E-state index contributed by atoms with van der Waals surface area (Å²) in [5.74, 6) is -0.0840. The van der Waals surface area contributed by atoms with Crippen LogP contribution in [0.25, 0.3) is 5.69 Å². The van der Waals surface area contributed by atoms with Gasteiger partial charge in [-0.1, -0.05) is 36.4 Å². The van der Waals surface area contributed by atoms with Gasteiger partial charge >= 0.3 is 0 Å². The summed E-state index contributed by atoms with van der Waals surface area (Å²) >= 11 is 0. The van der Waals surface area contributed by atoms with Crippen molar-refractivity contribution in [3.8, 4) is 5.69 Å². The van der Waals surface area contributed by atoms with E-state index in [4.69, 9.17) is 0 Å². The summed E-state index contributed by atoms with van der Waals surface area (Å²) in [5, 5.41) is 13.1. The van der Waals surface area contributed by atoms with Gasteiger partial charge in [0.15, 0.2) is 0 Å². The Morgan fingerprint density at radius 1 is 1.07 bits per heavy atom. The molecule has 0 bridgehead atoms. The molecule has 29 heavy (non-hydrogen) atoms. The highest BCUT2D eigenvalue weighted by Gasteiger charge is 2.24. The van der Waals surface area contributed by atoms with Crippen LogP contribution in [0.4, 0.5) is 11.9 Å². The normalized spacial score (nSPS) is 15.8. The van der Waals surface area contributed by atoms with Crippen molar-refractivity contribution in [1.82, 2.24) is 20.1 Å². The van der Waals surface area contributed by atoms with Crippen LogP contribution in [-0.2, 0) is 4.79 Å². The number of nitrogens with one attached hydrogen (secondary N) is 3. The number of amides is 2. The van der Waals surface area contributed by atoms with Gasteiger partial charge in [-0.05, 0) is 50.1 Å². The molecule has 1 aliphatic heterocycles. The molecule has 3 aromatic rings. The monoisotopic (exact) mass is 390 g/mol. The molecule has 0 saturated carbocycles. The van der Waals surface area contributed by atoms with Gasteiger partial charge in [0.05, 0.1) is 11.7 Å². The molecule has 2 heterocycles. The third-order valence-electron chi connectivity index (χ3n) is 4.83. The minimum absolute atomic E-state index is 0.146.